The summed E-state index contributed by atoms with van der Waals surface area (Å²) in [6.45, 7) is 6.39. The van der Waals surface area contributed by atoms with Gasteiger partial charge in [-0.25, -0.2) is 9.59 Å². The molecule has 1 aliphatic heterocycles. The van der Waals surface area contributed by atoms with Crippen LogP contribution in [0.4, 0.5) is 4.79 Å². The molecule has 0 spiro atoms. The monoisotopic (exact) mass is 382 g/mol. The number of esters is 1. The zero-order chi connectivity index (χ0) is 19.3. The number of ether oxygens (including phenoxy) is 3. The van der Waals surface area contributed by atoms with E-state index in [1.54, 1.807) is 19.1 Å². The van der Waals surface area contributed by atoms with E-state index >= 15 is 0 Å². The van der Waals surface area contributed by atoms with Crippen molar-refractivity contribution in [2.45, 2.75) is 33.2 Å². The van der Waals surface area contributed by atoms with Crippen LogP contribution < -0.4 is 20.1 Å². The van der Waals surface area contributed by atoms with E-state index in [0.29, 0.717) is 46.6 Å². The van der Waals surface area contributed by atoms with Gasteiger partial charge < -0.3 is 24.8 Å². The van der Waals surface area contributed by atoms with Gasteiger partial charge in [0.1, 0.15) is 0 Å². The molecule has 1 atom stereocenters. The second kappa shape index (κ2) is 8.80. The molecule has 2 N–H and O–H groups in total. The Morgan fingerprint density at radius 3 is 2.62 bits per heavy atom. The lowest BCUT2D eigenvalue weighted by atomic mass is 9.95. The largest absolute Gasteiger partial charge is 0.490 e. The zero-order valence-corrected chi connectivity index (χ0v) is 16.0. The molecule has 0 bridgehead atoms. The van der Waals surface area contributed by atoms with Crippen molar-refractivity contribution < 1.29 is 23.8 Å². The van der Waals surface area contributed by atoms with Gasteiger partial charge in [-0.05, 0) is 38.0 Å². The summed E-state index contributed by atoms with van der Waals surface area (Å²) in [5, 5.41) is 5.64. The lowest BCUT2D eigenvalue weighted by Crippen LogP contribution is -2.45. The molecule has 1 aromatic rings. The molecule has 26 heavy (non-hydrogen) atoms. The SMILES string of the molecule is CCCOc1c(Cl)cc([C@@H]2NC(=O)NC(C)=C2C(=O)OC)cc1OCC. The number of hydrogen-bond acceptors (Lipinski definition) is 5. The van der Waals surface area contributed by atoms with Crippen molar-refractivity contribution in [3.63, 3.8) is 0 Å². The molecule has 0 fully saturated rings. The summed E-state index contributed by atoms with van der Waals surface area (Å²) >= 11 is 6.39. The quantitative estimate of drug-likeness (QED) is 0.706. The van der Waals surface area contributed by atoms with Crippen molar-refractivity contribution in [1.82, 2.24) is 10.6 Å². The molecular formula is C18H23ClN2O5. The normalized spacial score (nSPS) is 16.7. The molecule has 142 valence electrons. The fourth-order valence-electron chi connectivity index (χ4n) is 2.69. The fourth-order valence-corrected chi connectivity index (χ4v) is 2.96. The van der Waals surface area contributed by atoms with Crippen LogP contribution in [0.2, 0.25) is 5.02 Å². The highest BCUT2D eigenvalue weighted by Crippen LogP contribution is 2.40. The summed E-state index contributed by atoms with van der Waals surface area (Å²) in [7, 11) is 1.29. The summed E-state index contributed by atoms with van der Waals surface area (Å²) in [5.41, 5.74) is 1.32. The predicted molar refractivity (Wildman–Crippen MR) is 97.5 cm³/mol. The molecule has 0 aliphatic carbocycles. The van der Waals surface area contributed by atoms with E-state index in [1.807, 2.05) is 13.8 Å². The molecule has 1 heterocycles. The molecule has 2 rings (SSSR count). The maximum atomic E-state index is 12.2. The van der Waals surface area contributed by atoms with Crippen LogP contribution in [0.1, 0.15) is 38.8 Å². The average molecular weight is 383 g/mol. The Labute approximate surface area is 157 Å². The number of hydrogen-bond donors (Lipinski definition) is 2. The summed E-state index contributed by atoms with van der Waals surface area (Å²) in [6, 6.07) is 2.24. The second-order valence-corrected chi connectivity index (χ2v) is 6.08. The van der Waals surface area contributed by atoms with Gasteiger partial charge in [-0.15, -0.1) is 0 Å². The van der Waals surface area contributed by atoms with E-state index in [-0.39, 0.29) is 0 Å². The van der Waals surface area contributed by atoms with Gasteiger partial charge >= 0.3 is 12.0 Å². The van der Waals surface area contributed by atoms with Crippen LogP contribution in [0.3, 0.4) is 0 Å². The number of carbonyl (C=O) groups is 2. The Morgan fingerprint density at radius 1 is 1.27 bits per heavy atom. The maximum absolute atomic E-state index is 12.2. The summed E-state index contributed by atoms with van der Waals surface area (Å²) in [5.74, 6) is 0.359. The Bertz CT molecular complexity index is 733. The van der Waals surface area contributed by atoms with Gasteiger partial charge in [0.25, 0.3) is 0 Å². The van der Waals surface area contributed by atoms with Crippen LogP contribution in [-0.2, 0) is 9.53 Å². The first-order chi connectivity index (χ1) is 12.4. The number of allylic oxidation sites excluding steroid dienone is 1. The summed E-state index contributed by atoms with van der Waals surface area (Å²) in [4.78, 5) is 24.1. The molecule has 1 aliphatic rings. The fraction of sp³-hybridized carbons (Fsp3) is 0.444. The number of nitrogens with one attached hydrogen (secondary N) is 2. The minimum Gasteiger partial charge on any atom is -0.490 e. The van der Waals surface area contributed by atoms with E-state index in [2.05, 4.69) is 10.6 Å². The molecule has 0 saturated carbocycles. The first-order valence-electron chi connectivity index (χ1n) is 8.38. The minimum absolute atomic E-state index is 0.299. The Hall–Kier alpha value is -2.41. The van der Waals surface area contributed by atoms with Crippen molar-refractivity contribution in [1.29, 1.82) is 0 Å². The van der Waals surface area contributed by atoms with Crippen LogP contribution in [0.15, 0.2) is 23.4 Å². The number of rotatable bonds is 7. The van der Waals surface area contributed by atoms with E-state index in [9.17, 15) is 9.59 Å². The van der Waals surface area contributed by atoms with E-state index in [1.165, 1.54) is 7.11 Å². The average Bonchev–Trinajstić information content (AvgIpc) is 2.60. The Kier molecular flexibility index (Phi) is 6.74. The number of amides is 2. The standard InChI is InChI=1S/C18H23ClN2O5/c1-5-7-26-16-12(19)8-11(9-13(16)25-6-2)15-14(17(22)24-4)10(3)20-18(23)21-15/h8-9,15H,5-7H2,1-4H3,(H2,20,21,23)/t15-/m0/s1. The van der Waals surface area contributed by atoms with Crippen LogP contribution in [0.25, 0.3) is 0 Å². The maximum Gasteiger partial charge on any atom is 0.337 e. The third kappa shape index (κ3) is 4.22. The van der Waals surface area contributed by atoms with Gasteiger partial charge in [0, 0.05) is 5.70 Å². The molecule has 0 aromatic heterocycles. The number of methoxy groups -OCH3 is 1. The molecule has 2 amide bonds. The van der Waals surface area contributed by atoms with Crippen LogP contribution >= 0.6 is 11.6 Å². The minimum atomic E-state index is -0.715. The van der Waals surface area contributed by atoms with Crippen molar-refractivity contribution in [3.05, 3.63) is 34.0 Å². The molecule has 8 heteroatoms. The van der Waals surface area contributed by atoms with Gasteiger partial charge in [-0.1, -0.05) is 18.5 Å². The number of urea groups is 1. The van der Waals surface area contributed by atoms with E-state index in [0.717, 1.165) is 6.42 Å². The van der Waals surface area contributed by atoms with Gasteiger partial charge in [-0.3, -0.25) is 0 Å². The van der Waals surface area contributed by atoms with Crippen LogP contribution in [0, 0.1) is 0 Å². The van der Waals surface area contributed by atoms with Gasteiger partial charge in [-0.2, -0.15) is 0 Å². The molecular weight excluding hydrogens is 360 g/mol. The van der Waals surface area contributed by atoms with Gasteiger partial charge in [0.15, 0.2) is 11.5 Å². The molecule has 7 nitrogen and oxygen atoms in total. The smallest absolute Gasteiger partial charge is 0.337 e. The first kappa shape index (κ1) is 19.9. The highest BCUT2D eigenvalue weighted by atomic mass is 35.5. The Balaban J connectivity index is 2.53. The van der Waals surface area contributed by atoms with Crippen molar-refractivity contribution in [2.75, 3.05) is 20.3 Å². The third-order valence-electron chi connectivity index (χ3n) is 3.79. The zero-order valence-electron chi connectivity index (χ0n) is 15.3. The number of halogens is 1. The number of benzene rings is 1. The third-order valence-corrected chi connectivity index (χ3v) is 4.07. The summed E-state index contributed by atoms with van der Waals surface area (Å²) < 4.78 is 16.2. The van der Waals surface area contributed by atoms with Crippen LogP contribution in [-0.4, -0.2) is 32.3 Å². The van der Waals surface area contributed by atoms with Crippen molar-refractivity contribution in [3.8, 4) is 11.5 Å². The van der Waals surface area contributed by atoms with Crippen LogP contribution in [0.5, 0.6) is 11.5 Å². The topological polar surface area (TPSA) is 85.9 Å². The Morgan fingerprint density at radius 2 is 2.00 bits per heavy atom. The molecule has 0 saturated heterocycles. The van der Waals surface area contributed by atoms with Crippen molar-refractivity contribution >= 4 is 23.6 Å². The lowest BCUT2D eigenvalue weighted by molar-refractivity contribution is -0.136. The highest BCUT2D eigenvalue weighted by Gasteiger charge is 2.33. The van der Waals surface area contributed by atoms with Gasteiger partial charge in [0.2, 0.25) is 0 Å². The first-order valence-corrected chi connectivity index (χ1v) is 8.76. The predicted octanol–water partition coefficient (Wildman–Crippen LogP) is 3.33. The van der Waals surface area contributed by atoms with Crippen molar-refractivity contribution in [2.24, 2.45) is 0 Å². The molecule has 0 unspecified atom stereocenters. The molecule has 1 aromatic carbocycles. The highest BCUT2D eigenvalue weighted by molar-refractivity contribution is 6.32. The van der Waals surface area contributed by atoms with E-state index < -0.39 is 18.0 Å². The number of carbonyl (C=O) groups excluding carboxylic acids is 2. The van der Waals surface area contributed by atoms with Gasteiger partial charge in [0.05, 0.1) is 37.0 Å². The van der Waals surface area contributed by atoms with E-state index in [4.69, 9.17) is 25.8 Å². The summed E-state index contributed by atoms with van der Waals surface area (Å²) in [6.07, 6.45) is 0.822. The molecule has 0 radical (unpaired) electrons. The second-order valence-electron chi connectivity index (χ2n) is 5.67. The lowest BCUT2D eigenvalue weighted by Gasteiger charge is -2.28.